The molecule has 0 spiro atoms. The topological polar surface area (TPSA) is 107 Å². The fourth-order valence-electron chi connectivity index (χ4n) is 4.00. The quantitative estimate of drug-likeness (QED) is 0.367. The Balaban J connectivity index is 0.000000480. The average molecular weight is 517 g/mol. The molecule has 2 heterocycles. The number of nitrogens with one attached hydrogen (secondary N) is 1. The van der Waals surface area contributed by atoms with Crippen LogP contribution in [0.3, 0.4) is 0 Å². The van der Waals surface area contributed by atoms with E-state index in [1.165, 1.54) is 6.92 Å². The van der Waals surface area contributed by atoms with Crippen LogP contribution in [0.1, 0.15) is 42.2 Å². The maximum atomic E-state index is 9.93. The molecule has 4 aromatic rings. The SMILES string of the molecule is CCNC(C)=O.Cc1nnc2n1-c1ccc(OCc3cccc(N)c3)cc1C(c1ccc(Cl)cc1)=NC2. The highest BCUT2D eigenvalue weighted by molar-refractivity contribution is 6.30. The Labute approximate surface area is 221 Å². The van der Waals surface area contributed by atoms with Crippen LogP contribution in [0.4, 0.5) is 5.69 Å². The fourth-order valence-corrected chi connectivity index (χ4v) is 4.13. The summed E-state index contributed by atoms with van der Waals surface area (Å²) in [5, 5.41) is 11.8. The summed E-state index contributed by atoms with van der Waals surface area (Å²) >= 11 is 6.10. The number of hydrogen-bond acceptors (Lipinski definition) is 6. The van der Waals surface area contributed by atoms with Crippen LogP contribution in [0.2, 0.25) is 5.02 Å². The second-order valence-corrected chi connectivity index (χ2v) is 8.91. The summed E-state index contributed by atoms with van der Waals surface area (Å²) in [7, 11) is 0. The molecule has 0 unspecified atom stereocenters. The van der Waals surface area contributed by atoms with Crippen molar-refractivity contribution in [3.05, 3.63) is 100 Å². The van der Waals surface area contributed by atoms with Gasteiger partial charge in [-0.05, 0) is 61.9 Å². The number of carbonyl (C=O) groups is 1. The summed E-state index contributed by atoms with van der Waals surface area (Å²) in [5.74, 6) is 2.41. The third kappa shape index (κ3) is 6.34. The number of nitrogens with zero attached hydrogens (tertiary/aromatic N) is 4. The Morgan fingerprint density at radius 2 is 1.89 bits per heavy atom. The first kappa shape index (κ1) is 25.9. The Morgan fingerprint density at radius 1 is 1.11 bits per heavy atom. The lowest BCUT2D eigenvalue weighted by atomic mass is 10.00. The van der Waals surface area contributed by atoms with Crippen molar-refractivity contribution in [2.24, 2.45) is 4.99 Å². The summed E-state index contributed by atoms with van der Waals surface area (Å²) in [6.07, 6.45) is 0. The van der Waals surface area contributed by atoms with E-state index in [9.17, 15) is 4.79 Å². The monoisotopic (exact) mass is 516 g/mol. The van der Waals surface area contributed by atoms with E-state index in [0.29, 0.717) is 18.2 Å². The van der Waals surface area contributed by atoms with Crippen LogP contribution in [0.15, 0.2) is 71.7 Å². The number of benzene rings is 3. The number of aromatic nitrogens is 3. The number of nitrogens with two attached hydrogens (primary N) is 1. The van der Waals surface area contributed by atoms with Crippen molar-refractivity contribution in [2.45, 2.75) is 33.9 Å². The van der Waals surface area contributed by atoms with Crippen molar-refractivity contribution < 1.29 is 9.53 Å². The van der Waals surface area contributed by atoms with Gasteiger partial charge >= 0.3 is 0 Å². The molecule has 1 amide bonds. The number of fused-ring (bicyclic) bond motifs is 3. The standard InChI is InChI=1S/C24H20ClN5O.C4H9NO/c1-15-28-29-23-13-27-24(17-5-7-18(25)8-6-17)21-12-20(9-10-22(21)30(15)23)31-14-16-3-2-4-19(26)11-16;1-3-5-4(2)6/h2-12H,13-14,26H2,1H3;3H2,1-2H3,(H,5,6). The van der Waals surface area contributed by atoms with Crippen LogP contribution in [0, 0.1) is 6.92 Å². The van der Waals surface area contributed by atoms with E-state index in [1.54, 1.807) is 0 Å². The number of hydrogen-bond donors (Lipinski definition) is 2. The molecule has 0 radical (unpaired) electrons. The molecule has 0 aliphatic carbocycles. The molecule has 0 fully saturated rings. The molecule has 1 aliphatic rings. The summed E-state index contributed by atoms with van der Waals surface area (Å²) in [5.41, 5.74) is 11.4. The highest BCUT2D eigenvalue weighted by Gasteiger charge is 2.22. The number of aryl methyl sites for hydroxylation is 1. The largest absolute Gasteiger partial charge is 0.489 e. The van der Waals surface area contributed by atoms with Crippen molar-refractivity contribution in [1.82, 2.24) is 20.1 Å². The Morgan fingerprint density at radius 3 is 2.57 bits per heavy atom. The van der Waals surface area contributed by atoms with Gasteiger partial charge in [0, 0.05) is 35.3 Å². The molecule has 0 saturated carbocycles. The first-order valence-corrected chi connectivity index (χ1v) is 12.3. The fraction of sp³-hybridized carbons (Fsp3) is 0.214. The minimum atomic E-state index is 0.0394. The third-order valence-corrected chi connectivity index (χ3v) is 5.89. The number of halogens is 1. The van der Waals surface area contributed by atoms with Crippen LogP contribution in [0.25, 0.3) is 5.69 Å². The lowest BCUT2D eigenvalue weighted by Crippen LogP contribution is -2.18. The van der Waals surface area contributed by atoms with E-state index in [4.69, 9.17) is 27.1 Å². The second kappa shape index (κ2) is 11.7. The minimum absolute atomic E-state index is 0.0394. The molecule has 1 aromatic heterocycles. The Bertz CT molecular complexity index is 1430. The summed E-state index contributed by atoms with van der Waals surface area (Å²) in [4.78, 5) is 14.8. The first-order valence-electron chi connectivity index (χ1n) is 11.9. The van der Waals surface area contributed by atoms with Crippen molar-refractivity contribution in [3.8, 4) is 11.4 Å². The first-order chi connectivity index (χ1) is 17.9. The minimum Gasteiger partial charge on any atom is -0.489 e. The van der Waals surface area contributed by atoms with Gasteiger partial charge in [0.2, 0.25) is 5.91 Å². The average Bonchev–Trinajstić information content (AvgIpc) is 3.15. The van der Waals surface area contributed by atoms with Gasteiger partial charge in [0.25, 0.3) is 0 Å². The van der Waals surface area contributed by atoms with E-state index in [1.807, 2.05) is 85.1 Å². The predicted octanol–water partition coefficient (Wildman–Crippen LogP) is 4.88. The van der Waals surface area contributed by atoms with Crippen LogP contribution in [-0.2, 0) is 17.9 Å². The molecule has 37 heavy (non-hydrogen) atoms. The van der Waals surface area contributed by atoms with Gasteiger partial charge in [0.15, 0.2) is 5.82 Å². The second-order valence-electron chi connectivity index (χ2n) is 8.47. The van der Waals surface area contributed by atoms with Crippen molar-refractivity contribution in [1.29, 1.82) is 0 Å². The van der Waals surface area contributed by atoms with Gasteiger partial charge < -0.3 is 15.8 Å². The molecule has 0 atom stereocenters. The van der Waals surface area contributed by atoms with E-state index < -0.39 is 0 Å². The highest BCUT2D eigenvalue weighted by Crippen LogP contribution is 2.29. The molecule has 8 nitrogen and oxygen atoms in total. The zero-order valence-corrected chi connectivity index (χ0v) is 21.8. The molecule has 0 bridgehead atoms. The lowest BCUT2D eigenvalue weighted by Gasteiger charge is -2.15. The van der Waals surface area contributed by atoms with Crippen molar-refractivity contribution >= 4 is 28.9 Å². The maximum absolute atomic E-state index is 9.93. The Kier molecular flexibility index (Phi) is 8.20. The number of nitrogen functional groups attached to an aromatic ring is 1. The molecule has 9 heteroatoms. The van der Waals surface area contributed by atoms with Crippen LogP contribution < -0.4 is 15.8 Å². The molecule has 3 N–H and O–H groups in total. The molecule has 5 rings (SSSR count). The van der Waals surface area contributed by atoms with Crippen LogP contribution >= 0.6 is 11.6 Å². The van der Waals surface area contributed by atoms with E-state index in [0.717, 1.165) is 57.7 Å². The molecular weight excluding hydrogens is 488 g/mol. The summed E-state index contributed by atoms with van der Waals surface area (Å²) < 4.78 is 8.13. The highest BCUT2D eigenvalue weighted by atomic mass is 35.5. The van der Waals surface area contributed by atoms with Crippen LogP contribution in [-0.4, -0.2) is 32.9 Å². The zero-order valence-electron chi connectivity index (χ0n) is 21.0. The zero-order chi connectivity index (χ0) is 26.4. The smallest absolute Gasteiger partial charge is 0.216 e. The molecule has 0 saturated heterocycles. The molecule has 190 valence electrons. The summed E-state index contributed by atoms with van der Waals surface area (Å²) in [6.45, 7) is 6.93. The van der Waals surface area contributed by atoms with Gasteiger partial charge in [-0.2, -0.15) is 0 Å². The third-order valence-electron chi connectivity index (χ3n) is 5.63. The Hall–Kier alpha value is -4.17. The van der Waals surface area contributed by atoms with Crippen LogP contribution in [0.5, 0.6) is 5.75 Å². The summed E-state index contributed by atoms with van der Waals surface area (Å²) in [6, 6.07) is 21.4. The number of ether oxygens (including phenoxy) is 1. The van der Waals surface area contributed by atoms with E-state index in [-0.39, 0.29) is 5.91 Å². The number of carbonyl (C=O) groups excluding carboxylic acids is 1. The lowest BCUT2D eigenvalue weighted by molar-refractivity contribution is -0.118. The number of rotatable bonds is 5. The normalized spacial score (nSPS) is 11.7. The maximum Gasteiger partial charge on any atom is 0.216 e. The predicted molar refractivity (Wildman–Crippen MR) is 146 cm³/mol. The van der Waals surface area contributed by atoms with Gasteiger partial charge in [0.05, 0.1) is 11.4 Å². The van der Waals surface area contributed by atoms with E-state index in [2.05, 4.69) is 15.5 Å². The van der Waals surface area contributed by atoms with Crippen molar-refractivity contribution in [2.75, 3.05) is 12.3 Å². The van der Waals surface area contributed by atoms with Gasteiger partial charge in [-0.15, -0.1) is 10.2 Å². The van der Waals surface area contributed by atoms with Gasteiger partial charge in [-0.1, -0.05) is 35.9 Å². The number of aliphatic imine (C=N–C) groups is 1. The molecule has 1 aliphatic heterocycles. The van der Waals surface area contributed by atoms with Gasteiger partial charge in [-0.25, -0.2) is 0 Å². The molecule has 3 aromatic carbocycles. The number of amides is 1. The van der Waals surface area contributed by atoms with E-state index >= 15 is 0 Å². The van der Waals surface area contributed by atoms with Crippen molar-refractivity contribution in [3.63, 3.8) is 0 Å². The van der Waals surface area contributed by atoms with Gasteiger partial charge in [0.1, 0.15) is 24.7 Å². The molecular formula is C28H29ClN6O2. The van der Waals surface area contributed by atoms with Gasteiger partial charge in [-0.3, -0.25) is 14.4 Å². The number of anilines is 1.